The Morgan fingerprint density at radius 3 is 2.93 bits per heavy atom. The smallest absolute Gasteiger partial charge is 0.268 e. The molecule has 0 radical (unpaired) electrons. The van der Waals surface area contributed by atoms with E-state index in [-0.39, 0.29) is 30.1 Å². The number of aromatic nitrogens is 2. The Hall–Kier alpha value is -1.61. The molecule has 0 amide bonds. The van der Waals surface area contributed by atoms with Gasteiger partial charge in [0, 0.05) is 29.3 Å². The van der Waals surface area contributed by atoms with Crippen LogP contribution in [0.1, 0.15) is 37.4 Å². The molecule has 0 aliphatic carbocycles. The number of ketones is 1. The Kier molecular flexibility index (Phi) is 6.65. The summed E-state index contributed by atoms with van der Waals surface area (Å²) in [6.45, 7) is 2.37. The molecule has 28 heavy (non-hydrogen) atoms. The largest absolute Gasteiger partial charge is 0.391 e. The molecule has 0 spiro atoms. The molecule has 1 aliphatic rings. The number of hydrogen-bond acceptors (Lipinski definition) is 6. The van der Waals surface area contributed by atoms with E-state index in [0.717, 1.165) is 17.5 Å². The molecule has 3 atom stereocenters. The number of nitrogens with one attached hydrogen (secondary N) is 1. The molecule has 3 unspecified atom stereocenters. The lowest BCUT2D eigenvalue weighted by Crippen LogP contribution is -2.46. The lowest BCUT2D eigenvalue weighted by atomic mass is 9.93. The molecule has 1 fully saturated rings. The molecule has 7 nitrogen and oxygen atoms in total. The summed E-state index contributed by atoms with van der Waals surface area (Å²) in [5.41, 5.74) is -0.0977. The molecular weight excluding hydrogens is 450 g/mol. The molecule has 2 aromatic rings. The predicted octanol–water partition coefficient (Wildman–Crippen LogP) is 2.55. The second-order valence-electron chi connectivity index (χ2n) is 7.16. The van der Waals surface area contributed by atoms with Gasteiger partial charge in [-0.05, 0) is 47.4 Å². The maximum absolute atomic E-state index is 12.7. The summed E-state index contributed by atoms with van der Waals surface area (Å²) < 4.78 is 1.54. The maximum atomic E-state index is 12.7. The van der Waals surface area contributed by atoms with Gasteiger partial charge >= 0.3 is 0 Å². The lowest BCUT2D eigenvalue weighted by Gasteiger charge is -2.28. The number of fused-ring (bicyclic) bond motifs is 1. The van der Waals surface area contributed by atoms with Crippen molar-refractivity contribution in [2.45, 2.75) is 44.8 Å². The van der Waals surface area contributed by atoms with E-state index in [1.165, 1.54) is 12.4 Å². The Morgan fingerprint density at radius 1 is 1.46 bits per heavy atom. The first-order chi connectivity index (χ1) is 13.3. The minimum atomic E-state index is -0.684. The Morgan fingerprint density at radius 2 is 2.21 bits per heavy atom. The van der Waals surface area contributed by atoms with Gasteiger partial charge in [0.1, 0.15) is 12.1 Å². The van der Waals surface area contributed by atoms with Crippen molar-refractivity contribution in [1.82, 2.24) is 14.9 Å². The van der Waals surface area contributed by atoms with Crippen molar-refractivity contribution in [2.75, 3.05) is 6.54 Å². The maximum Gasteiger partial charge on any atom is 0.268 e. The highest BCUT2D eigenvalue weighted by atomic mass is 79.9. The molecule has 1 aromatic heterocycles. The third-order valence-corrected chi connectivity index (χ3v) is 6.19. The van der Waals surface area contributed by atoms with Crippen molar-refractivity contribution in [3.8, 4) is 0 Å². The average Bonchev–Trinajstić information content (AvgIpc) is 2.65. The van der Waals surface area contributed by atoms with E-state index >= 15 is 0 Å². The van der Waals surface area contributed by atoms with Gasteiger partial charge in [0.05, 0.1) is 22.0 Å². The summed E-state index contributed by atoms with van der Waals surface area (Å²) >= 11 is 9.32. The second-order valence-corrected chi connectivity index (χ2v) is 8.42. The van der Waals surface area contributed by atoms with Crippen LogP contribution in [0.4, 0.5) is 0 Å². The van der Waals surface area contributed by atoms with Crippen LogP contribution in [-0.4, -0.2) is 45.0 Å². The fourth-order valence-corrected chi connectivity index (χ4v) is 3.91. The molecule has 2 N–H and O–H groups in total. The summed E-state index contributed by atoms with van der Waals surface area (Å²) in [7, 11) is 0. The summed E-state index contributed by atoms with van der Waals surface area (Å²) in [4.78, 5) is 41.9. The average molecular weight is 471 g/mol. The number of benzene rings is 1. The number of aliphatic hydroxyl groups is 1. The van der Waals surface area contributed by atoms with E-state index in [9.17, 15) is 19.5 Å². The number of nitrogens with zero attached hydrogens (tertiary/aromatic N) is 2. The first-order valence-corrected chi connectivity index (χ1v) is 10.3. The van der Waals surface area contributed by atoms with Gasteiger partial charge in [0.15, 0.2) is 0 Å². The van der Waals surface area contributed by atoms with Gasteiger partial charge in [0.2, 0.25) is 5.91 Å². The fourth-order valence-electron chi connectivity index (χ4n) is 3.41. The zero-order chi connectivity index (χ0) is 20.4. The van der Waals surface area contributed by atoms with Crippen LogP contribution in [0.3, 0.4) is 0 Å². The number of aliphatic hydroxyl groups excluding tert-OH is 1. The van der Waals surface area contributed by atoms with Crippen molar-refractivity contribution in [3.05, 3.63) is 38.3 Å². The van der Waals surface area contributed by atoms with Crippen molar-refractivity contribution in [3.63, 3.8) is 0 Å². The highest BCUT2D eigenvalue weighted by molar-refractivity contribution is 9.10. The van der Waals surface area contributed by atoms with Gasteiger partial charge in [-0.2, -0.15) is 0 Å². The van der Waals surface area contributed by atoms with Gasteiger partial charge in [-0.1, -0.05) is 18.5 Å². The van der Waals surface area contributed by atoms with E-state index in [1.807, 2.05) is 0 Å². The Bertz CT molecular complexity index is 978. The van der Waals surface area contributed by atoms with Crippen LogP contribution in [-0.2, 0) is 4.79 Å². The Balaban J connectivity index is 1.74. The van der Waals surface area contributed by atoms with Crippen LogP contribution < -0.4 is 10.9 Å². The summed E-state index contributed by atoms with van der Waals surface area (Å²) in [6, 6.07) is 2.80. The third kappa shape index (κ3) is 4.51. The first-order valence-electron chi connectivity index (χ1n) is 9.11. The highest BCUT2D eigenvalue weighted by Crippen LogP contribution is 2.25. The standard InChI is InChI=1S/C19H21BrClN3O4/c1-10(5-11(25)6-16-17(26)3-2-4-22-16)18(27)24-9-23-15-8-13(20)14(21)7-12(15)19(24)28/h7-10,16-17,22,26H,2-6H2,1H3. The summed E-state index contributed by atoms with van der Waals surface area (Å²) in [5.74, 6) is -1.31. The number of carbonyl (C=O) groups is 2. The van der Waals surface area contributed by atoms with E-state index in [2.05, 4.69) is 26.2 Å². The summed E-state index contributed by atoms with van der Waals surface area (Å²) in [6.07, 6.45) is 2.32. The molecule has 0 saturated carbocycles. The minimum Gasteiger partial charge on any atom is -0.391 e. The van der Waals surface area contributed by atoms with Gasteiger partial charge in [-0.15, -0.1) is 0 Å². The van der Waals surface area contributed by atoms with E-state index in [0.29, 0.717) is 21.4 Å². The van der Waals surface area contributed by atoms with E-state index < -0.39 is 23.5 Å². The number of Topliss-reactive ketones (excluding diaryl/α,β-unsaturated/α-hetero) is 1. The van der Waals surface area contributed by atoms with Crippen LogP contribution in [0.5, 0.6) is 0 Å². The zero-order valence-electron chi connectivity index (χ0n) is 15.3. The molecule has 1 aliphatic heterocycles. The third-order valence-electron chi connectivity index (χ3n) is 4.99. The number of carbonyl (C=O) groups excluding carboxylic acids is 2. The lowest BCUT2D eigenvalue weighted by molar-refractivity contribution is -0.121. The quantitative estimate of drug-likeness (QED) is 0.696. The van der Waals surface area contributed by atoms with Crippen molar-refractivity contribution in [1.29, 1.82) is 0 Å². The monoisotopic (exact) mass is 469 g/mol. The summed E-state index contributed by atoms with van der Waals surface area (Å²) in [5, 5.41) is 13.7. The normalized spacial score (nSPS) is 20.9. The van der Waals surface area contributed by atoms with Gasteiger partial charge < -0.3 is 10.4 Å². The molecular formula is C19H21BrClN3O4. The van der Waals surface area contributed by atoms with Crippen LogP contribution in [0.25, 0.3) is 10.9 Å². The SMILES string of the molecule is CC(CC(=O)CC1NCCCC1O)C(=O)n1cnc2cc(Br)c(Cl)cc2c1=O. The molecule has 150 valence electrons. The topological polar surface area (TPSA) is 101 Å². The van der Waals surface area contributed by atoms with Crippen molar-refractivity contribution < 1.29 is 14.7 Å². The van der Waals surface area contributed by atoms with Crippen LogP contribution in [0, 0.1) is 5.92 Å². The van der Waals surface area contributed by atoms with Crippen molar-refractivity contribution >= 4 is 50.1 Å². The van der Waals surface area contributed by atoms with Crippen LogP contribution >= 0.6 is 27.5 Å². The Labute approximate surface area is 175 Å². The number of halogens is 2. The van der Waals surface area contributed by atoms with Crippen LogP contribution in [0.15, 0.2) is 27.7 Å². The fraction of sp³-hybridized carbons (Fsp3) is 0.474. The molecule has 0 bridgehead atoms. The molecule has 1 saturated heterocycles. The van der Waals surface area contributed by atoms with E-state index in [4.69, 9.17) is 11.6 Å². The predicted molar refractivity (Wildman–Crippen MR) is 110 cm³/mol. The zero-order valence-corrected chi connectivity index (χ0v) is 17.7. The van der Waals surface area contributed by atoms with Crippen molar-refractivity contribution in [2.24, 2.45) is 5.92 Å². The van der Waals surface area contributed by atoms with Crippen LogP contribution in [0.2, 0.25) is 5.02 Å². The molecule has 9 heteroatoms. The second kappa shape index (κ2) is 8.82. The molecule has 1 aromatic carbocycles. The molecule has 2 heterocycles. The molecule has 3 rings (SSSR count). The first kappa shape index (κ1) is 21.1. The van der Waals surface area contributed by atoms with E-state index in [1.54, 1.807) is 13.0 Å². The van der Waals surface area contributed by atoms with Gasteiger partial charge in [-0.25, -0.2) is 9.55 Å². The number of rotatable bonds is 5. The van der Waals surface area contributed by atoms with Gasteiger partial charge in [-0.3, -0.25) is 14.4 Å². The minimum absolute atomic E-state index is 0.00466. The number of piperidine rings is 1. The number of hydrogen-bond donors (Lipinski definition) is 2. The van der Waals surface area contributed by atoms with Gasteiger partial charge in [0.25, 0.3) is 5.56 Å². The highest BCUT2D eigenvalue weighted by Gasteiger charge is 2.27.